The maximum absolute atomic E-state index is 13.1. The number of ether oxygens (including phenoxy) is 1. The van der Waals surface area contributed by atoms with Gasteiger partial charge in [-0.1, -0.05) is 0 Å². The second-order valence-corrected chi connectivity index (χ2v) is 7.75. The van der Waals surface area contributed by atoms with E-state index >= 15 is 0 Å². The predicted octanol–water partition coefficient (Wildman–Crippen LogP) is 2.63. The molecule has 4 rings (SSSR count). The Bertz CT molecular complexity index is 827. The Balaban J connectivity index is 1.32. The van der Waals surface area contributed by atoms with E-state index < -0.39 is 0 Å². The molecule has 1 atom stereocenters. The Morgan fingerprint density at radius 1 is 1.03 bits per heavy atom. The van der Waals surface area contributed by atoms with Gasteiger partial charge in [0.1, 0.15) is 17.3 Å². The van der Waals surface area contributed by atoms with Gasteiger partial charge in [-0.2, -0.15) is 0 Å². The number of piperazine rings is 1. The zero-order valence-corrected chi connectivity index (χ0v) is 17.3. The molecule has 2 aliphatic heterocycles. The van der Waals surface area contributed by atoms with Crippen molar-refractivity contribution in [3.8, 4) is 0 Å². The third-order valence-electron chi connectivity index (χ3n) is 5.78. The molecule has 1 N–H and O–H groups in total. The van der Waals surface area contributed by atoms with E-state index in [1.807, 2.05) is 24.0 Å². The molecule has 0 bridgehead atoms. The minimum absolute atomic E-state index is 0.00736. The van der Waals surface area contributed by atoms with E-state index in [1.165, 1.54) is 12.1 Å². The Morgan fingerprint density at radius 3 is 2.37 bits per heavy atom. The van der Waals surface area contributed by atoms with Crippen molar-refractivity contribution in [3.63, 3.8) is 0 Å². The van der Waals surface area contributed by atoms with E-state index in [2.05, 4.69) is 15.1 Å². The lowest BCUT2D eigenvalue weighted by Crippen LogP contribution is -2.53. The first-order valence-electron chi connectivity index (χ1n) is 10.5. The summed E-state index contributed by atoms with van der Waals surface area (Å²) in [6.07, 6.45) is 0. The van der Waals surface area contributed by atoms with E-state index in [-0.39, 0.29) is 17.9 Å². The van der Waals surface area contributed by atoms with Crippen molar-refractivity contribution < 1.29 is 18.3 Å². The van der Waals surface area contributed by atoms with Gasteiger partial charge in [-0.05, 0) is 43.3 Å². The molecule has 1 unspecified atom stereocenters. The number of aryl methyl sites for hydroxylation is 1. The summed E-state index contributed by atoms with van der Waals surface area (Å²) in [5.41, 5.74) is 0.983. The average molecular weight is 416 g/mol. The van der Waals surface area contributed by atoms with Gasteiger partial charge in [0.15, 0.2) is 0 Å². The minimum atomic E-state index is -0.238. The van der Waals surface area contributed by atoms with Crippen LogP contribution in [0.2, 0.25) is 0 Å². The monoisotopic (exact) mass is 416 g/mol. The number of urea groups is 1. The van der Waals surface area contributed by atoms with Gasteiger partial charge in [0.2, 0.25) is 0 Å². The molecule has 7 nitrogen and oxygen atoms in total. The van der Waals surface area contributed by atoms with Crippen LogP contribution in [0.15, 0.2) is 40.8 Å². The molecule has 8 heteroatoms. The molecule has 2 saturated heterocycles. The summed E-state index contributed by atoms with van der Waals surface area (Å²) in [6.45, 7) is 8.14. The standard InChI is InChI=1S/C22H29FN4O3/c1-17-2-7-21(30-17)20(26-12-14-29-15-13-26)16-24-22(28)27-10-8-25(9-11-27)19-5-3-18(23)4-6-19/h2-7,20H,8-16H2,1H3,(H,24,28). The molecule has 0 aliphatic carbocycles. The fourth-order valence-electron chi connectivity index (χ4n) is 4.05. The predicted molar refractivity (Wildman–Crippen MR) is 112 cm³/mol. The molecular formula is C22H29FN4O3. The number of anilines is 1. The van der Waals surface area contributed by atoms with Crippen LogP contribution in [0.5, 0.6) is 0 Å². The molecule has 2 fully saturated rings. The Kier molecular flexibility index (Phi) is 6.54. The molecule has 2 amide bonds. The second kappa shape index (κ2) is 9.49. The SMILES string of the molecule is Cc1ccc(C(CNC(=O)N2CCN(c3ccc(F)cc3)CC2)N2CCOCC2)o1. The molecule has 1 aromatic carbocycles. The average Bonchev–Trinajstić information content (AvgIpc) is 3.21. The van der Waals surface area contributed by atoms with Crippen LogP contribution in [0.1, 0.15) is 17.6 Å². The molecule has 2 aromatic rings. The molecular weight excluding hydrogens is 387 g/mol. The number of furan rings is 1. The fraction of sp³-hybridized carbons (Fsp3) is 0.500. The van der Waals surface area contributed by atoms with Gasteiger partial charge >= 0.3 is 6.03 Å². The maximum atomic E-state index is 13.1. The van der Waals surface area contributed by atoms with Gasteiger partial charge in [-0.3, -0.25) is 4.90 Å². The van der Waals surface area contributed by atoms with E-state index in [1.54, 1.807) is 12.1 Å². The van der Waals surface area contributed by atoms with Crippen molar-refractivity contribution in [2.45, 2.75) is 13.0 Å². The molecule has 1 aromatic heterocycles. The Hall–Kier alpha value is -2.58. The van der Waals surface area contributed by atoms with Crippen LogP contribution in [0.3, 0.4) is 0 Å². The van der Waals surface area contributed by atoms with Crippen LogP contribution in [0.25, 0.3) is 0 Å². The van der Waals surface area contributed by atoms with E-state index in [4.69, 9.17) is 9.15 Å². The third-order valence-corrected chi connectivity index (χ3v) is 5.78. The highest BCUT2D eigenvalue weighted by molar-refractivity contribution is 5.74. The minimum Gasteiger partial charge on any atom is -0.465 e. The molecule has 30 heavy (non-hydrogen) atoms. The van der Waals surface area contributed by atoms with Crippen LogP contribution < -0.4 is 10.2 Å². The van der Waals surface area contributed by atoms with Crippen molar-refractivity contribution in [2.24, 2.45) is 0 Å². The zero-order chi connectivity index (χ0) is 20.9. The summed E-state index contributed by atoms with van der Waals surface area (Å²) >= 11 is 0. The number of nitrogens with one attached hydrogen (secondary N) is 1. The number of hydrogen-bond acceptors (Lipinski definition) is 5. The molecule has 0 spiro atoms. The summed E-state index contributed by atoms with van der Waals surface area (Å²) in [7, 11) is 0. The number of benzene rings is 1. The molecule has 0 radical (unpaired) electrons. The summed E-state index contributed by atoms with van der Waals surface area (Å²) < 4.78 is 24.5. The Labute approximate surface area is 176 Å². The van der Waals surface area contributed by atoms with Gasteiger partial charge in [0, 0.05) is 51.5 Å². The third kappa shape index (κ3) is 4.94. The summed E-state index contributed by atoms with van der Waals surface area (Å²) in [5.74, 6) is 1.50. The summed E-state index contributed by atoms with van der Waals surface area (Å²) in [6, 6.07) is 10.4. The van der Waals surface area contributed by atoms with Crippen molar-refractivity contribution in [3.05, 3.63) is 53.7 Å². The van der Waals surface area contributed by atoms with Gasteiger partial charge in [-0.25, -0.2) is 9.18 Å². The molecule has 2 aliphatic rings. The Morgan fingerprint density at radius 2 is 1.73 bits per heavy atom. The van der Waals surface area contributed by atoms with Crippen molar-refractivity contribution >= 4 is 11.7 Å². The van der Waals surface area contributed by atoms with Crippen LogP contribution in [-0.4, -0.2) is 74.9 Å². The van der Waals surface area contributed by atoms with E-state index in [0.717, 1.165) is 43.4 Å². The van der Waals surface area contributed by atoms with Crippen LogP contribution in [0.4, 0.5) is 14.9 Å². The number of morpholine rings is 1. The van der Waals surface area contributed by atoms with E-state index in [9.17, 15) is 9.18 Å². The van der Waals surface area contributed by atoms with Gasteiger partial charge in [0.05, 0.1) is 19.3 Å². The first-order valence-corrected chi connectivity index (χ1v) is 10.5. The highest BCUT2D eigenvalue weighted by atomic mass is 19.1. The quantitative estimate of drug-likeness (QED) is 0.812. The van der Waals surface area contributed by atoms with Crippen molar-refractivity contribution in [2.75, 3.05) is 63.9 Å². The van der Waals surface area contributed by atoms with Crippen molar-refractivity contribution in [1.82, 2.24) is 15.1 Å². The van der Waals surface area contributed by atoms with Gasteiger partial charge < -0.3 is 24.3 Å². The van der Waals surface area contributed by atoms with Crippen molar-refractivity contribution in [1.29, 1.82) is 0 Å². The number of amides is 2. The second-order valence-electron chi connectivity index (χ2n) is 7.75. The number of rotatable bonds is 5. The summed E-state index contributed by atoms with van der Waals surface area (Å²) in [4.78, 5) is 19.1. The molecule has 0 saturated carbocycles. The highest BCUT2D eigenvalue weighted by Gasteiger charge is 2.27. The van der Waals surface area contributed by atoms with Crippen LogP contribution in [0, 0.1) is 12.7 Å². The van der Waals surface area contributed by atoms with Gasteiger partial charge in [0.25, 0.3) is 0 Å². The molecule has 162 valence electrons. The first-order chi connectivity index (χ1) is 14.6. The lowest BCUT2D eigenvalue weighted by atomic mass is 10.1. The van der Waals surface area contributed by atoms with Crippen LogP contribution in [-0.2, 0) is 4.74 Å². The smallest absolute Gasteiger partial charge is 0.317 e. The number of halogens is 1. The largest absolute Gasteiger partial charge is 0.465 e. The first kappa shape index (κ1) is 20.7. The highest BCUT2D eigenvalue weighted by Crippen LogP contribution is 2.23. The number of carbonyl (C=O) groups is 1. The zero-order valence-electron chi connectivity index (χ0n) is 17.3. The number of nitrogens with zero attached hydrogens (tertiary/aromatic N) is 3. The number of carbonyl (C=O) groups excluding carboxylic acids is 1. The number of hydrogen-bond donors (Lipinski definition) is 1. The normalized spacial score (nSPS) is 19.0. The lowest BCUT2D eigenvalue weighted by molar-refractivity contribution is 0.0119. The lowest BCUT2D eigenvalue weighted by Gasteiger charge is -2.37. The topological polar surface area (TPSA) is 61.2 Å². The summed E-state index contributed by atoms with van der Waals surface area (Å²) in [5, 5.41) is 3.10. The van der Waals surface area contributed by atoms with E-state index in [0.29, 0.717) is 32.8 Å². The van der Waals surface area contributed by atoms with Gasteiger partial charge in [-0.15, -0.1) is 0 Å². The molecule has 3 heterocycles. The van der Waals surface area contributed by atoms with Crippen LogP contribution >= 0.6 is 0 Å². The maximum Gasteiger partial charge on any atom is 0.317 e. The fourth-order valence-corrected chi connectivity index (χ4v) is 4.05.